The molecule has 0 radical (unpaired) electrons. The van der Waals surface area contributed by atoms with Crippen LogP contribution in [-0.4, -0.2) is 38.0 Å². The zero-order valence-corrected chi connectivity index (χ0v) is 17.4. The van der Waals surface area contributed by atoms with Gasteiger partial charge in [-0.2, -0.15) is 0 Å². The third kappa shape index (κ3) is 7.44. The van der Waals surface area contributed by atoms with Crippen LogP contribution in [0, 0.1) is 5.92 Å². The van der Waals surface area contributed by atoms with Gasteiger partial charge in [-0.1, -0.05) is 23.2 Å². The molecule has 1 amide bonds. The maximum atomic E-state index is 12.0. The molecule has 134 valence electrons. The van der Waals surface area contributed by atoms with Crippen LogP contribution >= 0.6 is 47.2 Å². The van der Waals surface area contributed by atoms with Crippen LogP contribution in [0.4, 0.5) is 0 Å². The molecule has 1 aliphatic carbocycles. The molecule has 1 aromatic rings. The van der Waals surface area contributed by atoms with E-state index in [1.54, 1.807) is 18.2 Å². The minimum atomic E-state index is -0.176. The zero-order chi connectivity index (χ0) is 16.7. The first kappa shape index (κ1) is 21.3. The van der Waals surface area contributed by atoms with Gasteiger partial charge >= 0.3 is 0 Å². The first-order valence-electron chi connectivity index (χ1n) is 7.85. The lowest BCUT2D eigenvalue weighted by Gasteiger charge is -2.12. The summed E-state index contributed by atoms with van der Waals surface area (Å²) in [7, 11) is 0. The van der Waals surface area contributed by atoms with Gasteiger partial charge in [-0.25, -0.2) is 0 Å². The second-order valence-electron chi connectivity index (χ2n) is 5.47. The fourth-order valence-corrected chi connectivity index (χ4v) is 2.26. The van der Waals surface area contributed by atoms with E-state index in [2.05, 4.69) is 20.9 Å². The van der Waals surface area contributed by atoms with Crippen LogP contribution in [0.1, 0.15) is 30.1 Å². The zero-order valence-electron chi connectivity index (χ0n) is 13.6. The molecule has 0 spiro atoms. The van der Waals surface area contributed by atoms with Gasteiger partial charge in [0.25, 0.3) is 5.91 Å². The Morgan fingerprint density at radius 3 is 2.50 bits per heavy atom. The van der Waals surface area contributed by atoms with E-state index in [4.69, 9.17) is 23.2 Å². The molecule has 0 heterocycles. The van der Waals surface area contributed by atoms with Gasteiger partial charge < -0.3 is 16.0 Å². The van der Waals surface area contributed by atoms with Crippen molar-refractivity contribution in [3.8, 4) is 0 Å². The average molecular weight is 485 g/mol. The Balaban J connectivity index is 0.00000288. The van der Waals surface area contributed by atoms with Gasteiger partial charge in [0.1, 0.15) is 0 Å². The van der Waals surface area contributed by atoms with Gasteiger partial charge in [-0.05, 0) is 43.9 Å². The molecule has 0 atom stereocenters. The van der Waals surface area contributed by atoms with Crippen LogP contribution in [0.15, 0.2) is 23.2 Å². The maximum Gasteiger partial charge on any atom is 0.251 e. The monoisotopic (exact) mass is 484 g/mol. The Hall–Kier alpha value is -0.730. The van der Waals surface area contributed by atoms with Crippen molar-refractivity contribution in [1.82, 2.24) is 16.0 Å². The summed E-state index contributed by atoms with van der Waals surface area (Å²) in [6, 6.07) is 4.83. The minimum absolute atomic E-state index is 0. The summed E-state index contributed by atoms with van der Waals surface area (Å²) in [5, 5.41) is 10.0. The number of carbonyl (C=O) groups excluding carboxylic acids is 1. The fraction of sp³-hybridized carbons (Fsp3) is 0.500. The molecular formula is C16H23Cl2IN4O. The summed E-state index contributed by atoms with van der Waals surface area (Å²) in [5.41, 5.74) is 0.494. The highest BCUT2D eigenvalue weighted by molar-refractivity contribution is 14.0. The van der Waals surface area contributed by atoms with E-state index in [1.807, 2.05) is 6.92 Å². The van der Waals surface area contributed by atoms with Crippen molar-refractivity contribution in [2.45, 2.75) is 19.8 Å². The summed E-state index contributed by atoms with van der Waals surface area (Å²) in [6.07, 6.45) is 2.56. The van der Waals surface area contributed by atoms with Gasteiger partial charge in [-0.15, -0.1) is 24.0 Å². The highest BCUT2D eigenvalue weighted by Gasteiger charge is 2.20. The van der Waals surface area contributed by atoms with Crippen molar-refractivity contribution in [2.24, 2.45) is 10.9 Å². The average Bonchev–Trinajstić information content (AvgIpc) is 3.35. The molecule has 24 heavy (non-hydrogen) atoms. The number of guanidine groups is 1. The highest BCUT2D eigenvalue weighted by Crippen LogP contribution is 2.28. The molecule has 8 heteroatoms. The molecule has 3 N–H and O–H groups in total. The number of hydrogen-bond donors (Lipinski definition) is 3. The van der Waals surface area contributed by atoms with Gasteiger partial charge in [0.05, 0.1) is 10.0 Å². The van der Waals surface area contributed by atoms with E-state index >= 15 is 0 Å². The Labute approximate surface area is 170 Å². The number of benzene rings is 1. The third-order valence-corrected chi connectivity index (χ3v) is 4.17. The molecule has 0 unspecified atom stereocenters. The molecular weight excluding hydrogens is 462 g/mol. The predicted octanol–water partition coefficient (Wildman–Crippen LogP) is 3.31. The number of rotatable bonds is 7. The quantitative estimate of drug-likeness (QED) is 0.241. The lowest BCUT2D eigenvalue weighted by atomic mass is 10.2. The van der Waals surface area contributed by atoms with E-state index in [-0.39, 0.29) is 29.9 Å². The molecule has 0 aliphatic heterocycles. The Bertz CT molecular complexity index is 579. The number of nitrogens with zero attached hydrogens (tertiary/aromatic N) is 1. The number of amides is 1. The molecule has 1 aromatic carbocycles. The Morgan fingerprint density at radius 2 is 1.88 bits per heavy atom. The molecule has 2 rings (SSSR count). The summed E-state index contributed by atoms with van der Waals surface area (Å²) in [6.45, 7) is 4.80. The summed E-state index contributed by atoms with van der Waals surface area (Å²) >= 11 is 11.8. The van der Waals surface area contributed by atoms with Crippen LogP contribution in [-0.2, 0) is 0 Å². The SMILES string of the molecule is CCNC(=NCC1CC1)NCCNC(=O)c1ccc(Cl)c(Cl)c1.I. The lowest BCUT2D eigenvalue weighted by molar-refractivity contribution is 0.0954. The summed E-state index contributed by atoms with van der Waals surface area (Å²) in [5.74, 6) is 1.37. The number of aliphatic imine (C=N–C) groups is 1. The molecule has 1 aliphatic rings. The van der Waals surface area contributed by atoms with Crippen LogP contribution < -0.4 is 16.0 Å². The molecule has 1 saturated carbocycles. The van der Waals surface area contributed by atoms with E-state index in [9.17, 15) is 4.79 Å². The Kier molecular flexibility index (Phi) is 9.76. The molecule has 5 nitrogen and oxygen atoms in total. The van der Waals surface area contributed by atoms with Gasteiger partial charge in [0.2, 0.25) is 0 Å². The minimum Gasteiger partial charge on any atom is -0.357 e. The number of carbonyl (C=O) groups is 1. The van der Waals surface area contributed by atoms with Gasteiger partial charge in [-0.3, -0.25) is 9.79 Å². The van der Waals surface area contributed by atoms with Crippen molar-refractivity contribution in [3.05, 3.63) is 33.8 Å². The van der Waals surface area contributed by atoms with Crippen LogP contribution in [0.3, 0.4) is 0 Å². The second kappa shape index (κ2) is 11.0. The smallest absolute Gasteiger partial charge is 0.251 e. The Morgan fingerprint density at radius 1 is 1.17 bits per heavy atom. The maximum absolute atomic E-state index is 12.0. The number of hydrogen-bond acceptors (Lipinski definition) is 2. The van der Waals surface area contributed by atoms with Crippen molar-refractivity contribution in [1.29, 1.82) is 0 Å². The largest absolute Gasteiger partial charge is 0.357 e. The summed E-state index contributed by atoms with van der Waals surface area (Å²) < 4.78 is 0. The van der Waals surface area contributed by atoms with Crippen LogP contribution in [0.2, 0.25) is 10.0 Å². The predicted molar refractivity (Wildman–Crippen MR) is 111 cm³/mol. The van der Waals surface area contributed by atoms with Crippen molar-refractivity contribution in [3.63, 3.8) is 0 Å². The molecule has 0 saturated heterocycles. The second-order valence-corrected chi connectivity index (χ2v) is 6.29. The normalized spacial score (nSPS) is 13.9. The highest BCUT2D eigenvalue weighted by atomic mass is 127. The molecule has 0 aromatic heterocycles. The van der Waals surface area contributed by atoms with Gasteiger partial charge in [0, 0.05) is 31.7 Å². The molecule has 1 fully saturated rings. The first-order valence-corrected chi connectivity index (χ1v) is 8.61. The van der Waals surface area contributed by atoms with E-state index < -0.39 is 0 Å². The topological polar surface area (TPSA) is 65.5 Å². The number of nitrogens with one attached hydrogen (secondary N) is 3. The summed E-state index contributed by atoms with van der Waals surface area (Å²) in [4.78, 5) is 16.5. The molecule has 0 bridgehead atoms. The van der Waals surface area contributed by atoms with Crippen LogP contribution in [0.5, 0.6) is 0 Å². The van der Waals surface area contributed by atoms with E-state index in [0.717, 1.165) is 25.0 Å². The van der Waals surface area contributed by atoms with E-state index in [0.29, 0.717) is 28.7 Å². The number of halogens is 3. The van der Waals surface area contributed by atoms with Crippen molar-refractivity contribution in [2.75, 3.05) is 26.2 Å². The standard InChI is InChI=1S/C16H22Cl2N4O.HI/c1-2-19-16(22-10-11-3-4-11)21-8-7-20-15(23)12-5-6-13(17)14(18)9-12;/h5-6,9,11H,2-4,7-8,10H2,1H3,(H,20,23)(H2,19,21,22);1H. The fourth-order valence-electron chi connectivity index (χ4n) is 1.96. The van der Waals surface area contributed by atoms with E-state index in [1.165, 1.54) is 12.8 Å². The first-order chi connectivity index (χ1) is 11.1. The van der Waals surface area contributed by atoms with Crippen molar-refractivity contribution >= 4 is 59.0 Å². The third-order valence-electron chi connectivity index (χ3n) is 3.43. The van der Waals surface area contributed by atoms with Gasteiger partial charge in [0.15, 0.2) is 5.96 Å². The lowest BCUT2D eigenvalue weighted by Crippen LogP contribution is -2.41. The van der Waals surface area contributed by atoms with Crippen LogP contribution in [0.25, 0.3) is 0 Å². The van der Waals surface area contributed by atoms with Crippen molar-refractivity contribution < 1.29 is 4.79 Å².